The van der Waals surface area contributed by atoms with E-state index >= 15 is 0 Å². The van der Waals surface area contributed by atoms with Gasteiger partial charge in [-0.3, -0.25) is 4.79 Å². The van der Waals surface area contributed by atoms with Gasteiger partial charge >= 0.3 is 0 Å². The molecule has 0 saturated heterocycles. The van der Waals surface area contributed by atoms with Crippen LogP contribution in [0, 0.1) is 0 Å². The summed E-state index contributed by atoms with van der Waals surface area (Å²) in [5, 5.41) is 2.64. The molecule has 0 spiro atoms. The molecule has 0 aromatic heterocycles. The van der Waals surface area contributed by atoms with Gasteiger partial charge in [-0.2, -0.15) is 0 Å². The fourth-order valence-electron chi connectivity index (χ4n) is 2.51. The number of carbonyl (C=O) groups excluding carboxylic acids is 1. The lowest BCUT2D eigenvalue weighted by molar-refractivity contribution is 0.102. The SMILES string of the molecule is CCCCNS(=O)(=O)c1cccc(C(=O)Nc2ccc(S(=O)(=O)NCCC)cc2)c1. The third kappa shape index (κ3) is 6.63. The molecule has 0 aliphatic heterocycles. The molecule has 2 aromatic carbocycles. The summed E-state index contributed by atoms with van der Waals surface area (Å²) in [7, 11) is -7.28. The number of amides is 1. The van der Waals surface area contributed by atoms with Gasteiger partial charge in [0.25, 0.3) is 5.91 Å². The second-order valence-corrected chi connectivity index (χ2v) is 10.2. The van der Waals surface area contributed by atoms with E-state index in [1.165, 1.54) is 48.5 Å². The maximum Gasteiger partial charge on any atom is 0.255 e. The van der Waals surface area contributed by atoms with Crippen molar-refractivity contribution in [2.45, 2.75) is 42.9 Å². The third-order valence-electron chi connectivity index (χ3n) is 4.19. The molecule has 0 heterocycles. The minimum Gasteiger partial charge on any atom is -0.322 e. The van der Waals surface area contributed by atoms with Gasteiger partial charge in [0.15, 0.2) is 0 Å². The molecule has 30 heavy (non-hydrogen) atoms. The van der Waals surface area contributed by atoms with Gasteiger partial charge in [0.2, 0.25) is 20.0 Å². The fraction of sp³-hybridized carbons (Fsp3) is 0.350. The van der Waals surface area contributed by atoms with Crippen LogP contribution in [0.15, 0.2) is 58.3 Å². The van der Waals surface area contributed by atoms with Gasteiger partial charge in [-0.1, -0.05) is 26.3 Å². The highest BCUT2D eigenvalue weighted by Gasteiger charge is 2.17. The first-order valence-electron chi connectivity index (χ1n) is 9.70. The summed E-state index contributed by atoms with van der Waals surface area (Å²) in [4.78, 5) is 12.6. The van der Waals surface area contributed by atoms with E-state index in [-0.39, 0.29) is 15.4 Å². The van der Waals surface area contributed by atoms with E-state index in [9.17, 15) is 21.6 Å². The predicted octanol–water partition coefficient (Wildman–Crippen LogP) is 2.71. The molecule has 0 atom stereocenters. The molecule has 0 aliphatic carbocycles. The van der Waals surface area contributed by atoms with Crippen LogP contribution in [0.1, 0.15) is 43.5 Å². The van der Waals surface area contributed by atoms with Gasteiger partial charge in [0, 0.05) is 24.3 Å². The Kier molecular flexibility index (Phi) is 8.54. The van der Waals surface area contributed by atoms with Crippen molar-refractivity contribution in [3.8, 4) is 0 Å². The quantitative estimate of drug-likeness (QED) is 0.452. The largest absolute Gasteiger partial charge is 0.322 e. The molecule has 0 bridgehead atoms. The van der Waals surface area contributed by atoms with Crippen LogP contribution in [-0.2, 0) is 20.0 Å². The number of rotatable bonds is 11. The van der Waals surface area contributed by atoms with Gasteiger partial charge in [-0.15, -0.1) is 0 Å². The van der Waals surface area contributed by atoms with Crippen molar-refractivity contribution in [3.05, 3.63) is 54.1 Å². The molecule has 0 fully saturated rings. The highest BCUT2D eigenvalue weighted by molar-refractivity contribution is 7.89. The Balaban J connectivity index is 2.11. The molecular weight excluding hydrogens is 426 g/mol. The number of benzene rings is 2. The maximum atomic E-state index is 12.5. The minimum atomic E-state index is -3.69. The molecule has 1 amide bonds. The van der Waals surface area contributed by atoms with Crippen LogP contribution in [-0.4, -0.2) is 35.8 Å². The van der Waals surface area contributed by atoms with Gasteiger partial charge in [-0.25, -0.2) is 26.3 Å². The van der Waals surface area contributed by atoms with E-state index in [0.717, 1.165) is 12.8 Å². The summed E-state index contributed by atoms with van der Waals surface area (Å²) in [6.45, 7) is 4.50. The fourth-order valence-corrected chi connectivity index (χ4v) is 4.77. The van der Waals surface area contributed by atoms with Crippen molar-refractivity contribution in [2.75, 3.05) is 18.4 Å². The molecular formula is C20H27N3O5S2. The van der Waals surface area contributed by atoms with Crippen LogP contribution >= 0.6 is 0 Å². The molecule has 0 saturated carbocycles. The van der Waals surface area contributed by atoms with Gasteiger partial charge < -0.3 is 5.32 Å². The van der Waals surface area contributed by atoms with Crippen LogP contribution in [0.25, 0.3) is 0 Å². The molecule has 10 heteroatoms. The van der Waals surface area contributed by atoms with E-state index in [1.54, 1.807) is 0 Å². The average Bonchev–Trinajstić information content (AvgIpc) is 2.73. The maximum absolute atomic E-state index is 12.5. The lowest BCUT2D eigenvalue weighted by Crippen LogP contribution is -2.25. The molecule has 0 aliphatic rings. The zero-order valence-electron chi connectivity index (χ0n) is 17.0. The number of carbonyl (C=O) groups is 1. The second-order valence-electron chi connectivity index (χ2n) is 6.66. The first kappa shape index (κ1) is 24.0. The standard InChI is InChI=1S/C20H27N3O5S2/c1-3-5-14-22-30(27,28)19-8-6-7-16(15-19)20(24)23-17-9-11-18(12-10-17)29(25,26)21-13-4-2/h6-12,15,21-22H,3-5,13-14H2,1-2H3,(H,23,24). The second kappa shape index (κ2) is 10.7. The zero-order chi connectivity index (χ0) is 22.2. The van der Waals surface area contributed by atoms with Gasteiger partial charge in [0.05, 0.1) is 9.79 Å². The smallest absolute Gasteiger partial charge is 0.255 e. The minimum absolute atomic E-state index is 0.00897. The average molecular weight is 454 g/mol. The first-order valence-corrected chi connectivity index (χ1v) is 12.7. The summed E-state index contributed by atoms with van der Waals surface area (Å²) < 4.78 is 53.9. The molecule has 0 unspecified atom stereocenters. The summed E-state index contributed by atoms with van der Waals surface area (Å²) in [6.07, 6.45) is 2.26. The third-order valence-corrected chi connectivity index (χ3v) is 7.13. The lowest BCUT2D eigenvalue weighted by Gasteiger charge is -2.10. The van der Waals surface area contributed by atoms with Crippen molar-refractivity contribution in [2.24, 2.45) is 0 Å². The highest BCUT2D eigenvalue weighted by atomic mass is 32.2. The molecule has 0 radical (unpaired) electrons. The molecule has 8 nitrogen and oxygen atoms in total. The monoisotopic (exact) mass is 453 g/mol. The number of sulfonamides is 2. The lowest BCUT2D eigenvalue weighted by atomic mass is 10.2. The van der Waals surface area contributed by atoms with Crippen molar-refractivity contribution in [1.29, 1.82) is 0 Å². The molecule has 3 N–H and O–H groups in total. The normalized spacial score (nSPS) is 11.9. The van der Waals surface area contributed by atoms with Crippen LogP contribution in [0.5, 0.6) is 0 Å². The molecule has 2 rings (SSSR count). The summed E-state index contributed by atoms with van der Waals surface area (Å²) in [5.41, 5.74) is 0.568. The topological polar surface area (TPSA) is 121 Å². The van der Waals surface area contributed by atoms with Gasteiger partial charge in [0.1, 0.15) is 0 Å². The Morgan fingerprint density at radius 1 is 0.800 bits per heavy atom. The Morgan fingerprint density at radius 2 is 1.43 bits per heavy atom. The van der Waals surface area contributed by atoms with Crippen LogP contribution < -0.4 is 14.8 Å². The Bertz CT molecular complexity index is 1070. The number of unbranched alkanes of at least 4 members (excludes halogenated alkanes) is 1. The van der Waals surface area contributed by atoms with Crippen LogP contribution in [0.2, 0.25) is 0 Å². The summed E-state index contributed by atoms with van der Waals surface area (Å²) in [6, 6.07) is 11.5. The van der Waals surface area contributed by atoms with E-state index < -0.39 is 26.0 Å². The van der Waals surface area contributed by atoms with Crippen molar-refractivity contribution in [3.63, 3.8) is 0 Å². The van der Waals surface area contributed by atoms with E-state index in [1.807, 2.05) is 13.8 Å². The van der Waals surface area contributed by atoms with Gasteiger partial charge in [-0.05, 0) is 55.3 Å². The Labute approximate surface area is 178 Å². The predicted molar refractivity (Wildman–Crippen MR) is 116 cm³/mol. The van der Waals surface area contributed by atoms with Crippen molar-refractivity contribution >= 4 is 31.6 Å². The Hall–Kier alpha value is -2.27. The summed E-state index contributed by atoms with van der Waals surface area (Å²) in [5.74, 6) is -0.500. The highest BCUT2D eigenvalue weighted by Crippen LogP contribution is 2.17. The van der Waals surface area contributed by atoms with Crippen LogP contribution in [0.4, 0.5) is 5.69 Å². The number of hydrogen-bond acceptors (Lipinski definition) is 5. The molecule has 2 aromatic rings. The number of anilines is 1. The van der Waals surface area contributed by atoms with E-state index in [0.29, 0.717) is 25.2 Å². The summed E-state index contributed by atoms with van der Waals surface area (Å²) >= 11 is 0. The first-order chi connectivity index (χ1) is 14.2. The number of hydrogen-bond donors (Lipinski definition) is 3. The van der Waals surface area contributed by atoms with Crippen molar-refractivity contribution < 1.29 is 21.6 Å². The van der Waals surface area contributed by atoms with Crippen molar-refractivity contribution in [1.82, 2.24) is 9.44 Å². The zero-order valence-corrected chi connectivity index (χ0v) is 18.6. The van der Waals surface area contributed by atoms with E-state index in [2.05, 4.69) is 14.8 Å². The van der Waals surface area contributed by atoms with Crippen LogP contribution in [0.3, 0.4) is 0 Å². The Morgan fingerprint density at radius 3 is 2.07 bits per heavy atom. The number of nitrogens with one attached hydrogen (secondary N) is 3. The molecule has 164 valence electrons. The van der Waals surface area contributed by atoms with E-state index in [4.69, 9.17) is 0 Å².